The third-order valence-electron chi connectivity index (χ3n) is 3.61. The Kier molecular flexibility index (Phi) is 6.16. The minimum Gasteiger partial charge on any atom is -0.352 e. The molecule has 1 N–H and O–H groups in total. The molecule has 8 heteroatoms. The first kappa shape index (κ1) is 19.4. The molecule has 0 heterocycles. The van der Waals surface area contributed by atoms with Gasteiger partial charge < -0.3 is 5.32 Å². The monoisotopic (exact) mass is 384 g/mol. The van der Waals surface area contributed by atoms with Crippen LogP contribution in [0.15, 0.2) is 47.4 Å². The minimum atomic E-state index is -3.63. The fourth-order valence-electron chi connectivity index (χ4n) is 2.22. The van der Waals surface area contributed by atoms with E-state index in [4.69, 9.17) is 11.6 Å². The number of hydrogen-bond donors (Lipinski definition) is 1. The molecule has 0 fully saturated rings. The Bertz CT molecular complexity index is 865. The first-order valence-corrected chi connectivity index (χ1v) is 9.25. The van der Waals surface area contributed by atoms with Gasteiger partial charge >= 0.3 is 0 Å². The molecule has 2 rings (SSSR count). The number of halogens is 2. The molecule has 0 aliphatic carbocycles. The van der Waals surface area contributed by atoms with Crippen LogP contribution in [-0.4, -0.2) is 32.7 Å². The van der Waals surface area contributed by atoms with E-state index in [9.17, 15) is 17.6 Å². The molecule has 2 aromatic carbocycles. The van der Waals surface area contributed by atoms with Gasteiger partial charge in [-0.25, -0.2) is 17.1 Å². The number of nitrogens with zero attached hydrogens (tertiary/aromatic N) is 1. The standard InChI is InChI=1S/C17H18ClFN2O3S/c1-21(2)25(23,24)16-9-4-3-6-12(16)11-20-17(22)10-13-14(18)7-5-8-15(13)19/h3-9H,10-11H2,1-2H3,(H,20,22). The highest BCUT2D eigenvalue weighted by molar-refractivity contribution is 7.89. The molecule has 0 atom stereocenters. The van der Waals surface area contributed by atoms with Crippen molar-refractivity contribution in [2.75, 3.05) is 14.1 Å². The molecule has 0 aliphatic rings. The smallest absolute Gasteiger partial charge is 0.242 e. The van der Waals surface area contributed by atoms with Crippen molar-refractivity contribution in [1.29, 1.82) is 0 Å². The van der Waals surface area contributed by atoms with Crippen LogP contribution in [0.2, 0.25) is 5.02 Å². The predicted octanol–water partition coefficient (Wildman–Crippen LogP) is 2.59. The number of hydrogen-bond acceptors (Lipinski definition) is 3. The van der Waals surface area contributed by atoms with Crippen LogP contribution in [0, 0.1) is 5.82 Å². The van der Waals surface area contributed by atoms with Crippen LogP contribution in [0.4, 0.5) is 4.39 Å². The van der Waals surface area contributed by atoms with Crippen molar-refractivity contribution >= 4 is 27.5 Å². The molecule has 0 spiro atoms. The summed E-state index contributed by atoms with van der Waals surface area (Å²) in [6.45, 7) is 0.00808. The van der Waals surface area contributed by atoms with E-state index in [0.29, 0.717) is 5.56 Å². The summed E-state index contributed by atoms with van der Waals surface area (Å²) in [6, 6.07) is 10.6. The Morgan fingerprint density at radius 2 is 1.84 bits per heavy atom. The van der Waals surface area contributed by atoms with Crippen molar-refractivity contribution in [3.05, 3.63) is 64.4 Å². The zero-order valence-corrected chi connectivity index (χ0v) is 15.4. The second kappa shape index (κ2) is 7.95. The van der Waals surface area contributed by atoms with E-state index < -0.39 is 21.7 Å². The number of nitrogens with one attached hydrogen (secondary N) is 1. The van der Waals surface area contributed by atoms with Crippen LogP contribution in [0.5, 0.6) is 0 Å². The maximum Gasteiger partial charge on any atom is 0.242 e. The molecule has 0 unspecified atom stereocenters. The van der Waals surface area contributed by atoms with Gasteiger partial charge in [-0.2, -0.15) is 0 Å². The van der Waals surface area contributed by atoms with Crippen molar-refractivity contribution in [1.82, 2.24) is 9.62 Å². The lowest BCUT2D eigenvalue weighted by molar-refractivity contribution is -0.120. The third kappa shape index (κ3) is 4.56. The molecule has 1 amide bonds. The average molecular weight is 385 g/mol. The van der Waals surface area contributed by atoms with Gasteiger partial charge in [-0.1, -0.05) is 35.9 Å². The van der Waals surface area contributed by atoms with E-state index in [1.807, 2.05) is 0 Å². The van der Waals surface area contributed by atoms with Gasteiger partial charge in [-0.3, -0.25) is 4.79 Å². The van der Waals surface area contributed by atoms with Crippen LogP contribution in [0.1, 0.15) is 11.1 Å². The normalized spacial score (nSPS) is 11.6. The molecular weight excluding hydrogens is 367 g/mol. The van der Waals surface area contributed by atoms with Crippen LogP contribution < -0.4 is 5.32 Å². The summed E-state index contributed by atoms with van der Waals surface area (Å²) in [5.41, 5.74) is 0.556. The van der Waals surface area contributed by atoms with E-state index in [-0.39, 0.29) is 28.4 Å². The zero-order chi connectivity index (χ0) is 18.6. The van der Waals surface area contributed by atoms with Crippen LogP contribution in [0.3, 0.4) is 0 Å². The topological polar surface area (TPSA) is 66.5 Å². The van der Waals surface area contributed by atoms with Gasteiger partial charge in [0, 0.05) is 31.2 Å². The number of carbonyl (C=O) groups excluding carboxylic acids is 1. The quantitative estimate of drug-likeness (QED) is 0.832. The number of benzene rings is 2. The van der Waals surface area contributed by atoms with Crippen molar-refractivity contribution < 1.29 is 17.6 Å². The minimum absolute atomic E-state index is 0.00808. The van der Waals surface area contributed by atoms with Crippen LogP contribution in [0.25, 0.3) is 0 Å². The number of rotatable bonds is 6. The number of carbonyl (C=O) groups is 1. The fourth-order valence-corrected chi connectivity index (χ4v) is 3.56. The lowest BCUT2D eigenvalue weighted by atomic mass is 10.1. The maximum absolute atomic E-state index is 13.7. The first-order chi connectivity index (χ1) is 11.7. The molecule has 0 bridgehead atoms. The van der Waals surface area contributed by atoms with Crippen molar-refractivity contribution in [2.24, 2.45) is 0 Å². The van der Waals surface area contributed by atoms with Gasteiger partial charge in [-0.05, 0) is 23.8 Å². The van der Waals surface area contributed by atoms with Gasteiger partial charge in [0.05, 0.1) is 11.3 Å². The summed E-state index contributed by atoms with van der Waals surface area (Å²) >= 11 is 5.91. The summed E-state index contributed by atoms with van der Waals surface area (Å²) in [5.74, 6) is -1.01. The Balaban J connectivity index is 2.14. The molecule has 134 valence electrons. The molecule has 0 saturated carbocycles. The Morgan fingerprint density at radius 1 is 1.16 bits per heavy atom. The summed E-state index contributed by atoms with van der Waals surface area (Å²) in [7, 11) is -0.756. The highest BCUT2D eigenvalue weighted by Crippen LogP contribution is 2.20. The number of amides is 1. The molecule has 0 radical (unpaired) electrons. The molecular formula is C17H18ClFN2O3S. The zero-order valence-electron chi connectivity index (χ0n) is 13.8. The second-order valence-electron chi connectivity index (χ2n) is 5.55. The first-order valence-electron chi connectivity index (χ1n) is 7.43. The fraction of sp³-hybridized carbons (Fsp3) is 0.235. The highest BCUT2D eigenvalue weighted by Gasteiger charge is 2.21. The number of sulfonamides is 1. The van der Waals surface area contributed by atoms with Gasteiger partial charge in [0.25, 0.3) is 0 Å². The van der Waals surface area contributed by atoms with Crippen LogP contribution in [-0.2, 0) is 27.8 Å². The van der Waals surface area contributed by atoms with E-state index in [1.54, 1.807) is 18.2 Å². The second-order valence-corrected chi connectivity index (χ2v) is 8.08. The van der Waals surface area contributed by atoms with E-state index >= 15 is 0 Å². The van der Waals surface area contributed by atoms with Crippen LogP contribution >= 0.6 is 11.6 Å². The maximum atomic E-state index is 13.7. The molecule has 25 heavy (non-hydrogen) atoms. The molecule has 0 aromatic heterocycles. The van der Waals surface area contributed by atoms with Gasteiger partial charge in [0.15, 0.2) is 0 Å². The Morgan fingerprint density at radius 3 is 2.48 bits per heavy atom. The SMILES string of the molecule is CN(C)S(=O)(=O)c1ccccc1CNC(=O)Cc1c(F)cccc1Cl. The molecule has 5 nitrogen and oxygen atoms in total. The van der Waals surface area contributed by atoms with Crippen molar-refractivity contribution in [2.45, 2.75) is 17.9 Å². The average Bonchev–Trinajstić information content (AvgIpc) is 2.56. The molecule has 0 saturated heterocycles. The summed E-state index contributed by atoms with van der Waals surface area (Å²) < 4.78 is 39.5. The summed E-state index contributed by atoms with van der Waals surface area (Å²) in [5, 5.41) is 2.78. The van der Waals surface area contributed by atoms with Gasteiger partial charge in [-0.15, -0.1) is 0 Å². The van der Waals surface area contributed by atoms with Crippen molar-refractivity contribution in [3.8, 4) is 0 Å². The Labute approximate surface area is 151 Å². The molecule has 2 aromatic rings. The Hall–Kier alpha value is -1.96. The third-order valence-corrected chi connectivity index (χ3v) is 5.88. The lowest BCUT2D eigenvalue weighted by Gasteiger charge is -2.15. The van der Waals surface area contributed by atoms with E-state index in [1.165, 1.54) is 38.4 Å². The van der Waals surface area contributed by atoms with Gasteiger partial charge in [0.1, 0.15) is 5.82 Å². The summed E-state index contributed by atoms with van der Waals surface area (Å²) in [6.07, 6.45) is -0.228. The van der Waals surface area contributed by atoms with E-state index in [2.05, 4.69) is 5.32 Å². The summed E-state index contributed by atoms with van der Waals surface area (Å²) in [4.78, 5) is 12.2. The predicted molar refractivity (Wildman–Crippen MR) is 94.3 cm³/mol. The highest BCUT2D eigenvalue weighted by atomic mass is 35.5. The molecule has 0 aliphatic heterocycles. The van der Waals surface area contributed by atoms with Gasteiger partial charge in [0.2, 0.25) is 15.9 Å². The van der Waals surface area contributed by atoms with Crippen molar-refractivity contribution in [3.63, 3.8) is 0 Å². The lowest BCUT2D eigenvalue weighted by Crippen LogP contribution is -2.28. The largest absolute Gasteiger partial charge is 0.352 e. The van der Waals surface area contributed by atoms with E-state index in [0.717, 1.165) is 4.31 Å².